The van der Waals surface area contributed by atoms with Crippen molar-refractivity contribution < 1.29 is 14.6 Å². The van der Waals surface area contributed by atoms with Crippen molar-refractivity contribution >= 4 is 107 Å². The summed E-state index contributed by atoms with van der Waals surface area (Å²) in [5, 5.41) is 15.7. The molecule has 8 heteroatoms. The lowest BCUT2D eigenvalue weighted by Crippen LogP contribution is -2.29. The second kappa shape index (κ2) is 10.6. The third kappa shape index (κ3) is 4.57. The number of aliphatic carboxylic acids is 1. The maximum Gasteiger partial charge on any atom is 0.345 e. The Morgan fingerprint density at radius 1 is 0.854 bits per heavy atom. The zero-order chi connectivity index (χ0) is 28.2. The number of H-pyrrole nitrogens is 1. The third-order valence-electron chi connectivity index (χ3n) is 7.38. The van der Waals surface area contributed by atoms with Gasteiger partial charge in [-0.25, -0.2) is 4.79 Å². The van der Waals surface area contributed by atoms with E-state index in [1.165, 1.54) is 20.2 Å². The lowest BCUT2D eigenvalue weighted by molar-refractivity contribution is -0.145. The van der Waals surface area contributed by atoms with E-state index >= 15 is 0 Å². The van der Waals surface area contributed by atoms with Crippen molar-refractivity contribution in [3.8, 4) is 16.9 Å². The SMILES string of the molecule is O=C(O)[C@@H](Cc1c[nH]c2ccccc12)Oc1c(Br)cc(-c2c3ccccc3c(Br)c3sc4ccccc4c23)cc1Br. The second-order valence-electron chi connectivity index (χ2n) is 9.81. The molecule has 0 aliphatic carbocycles. The molecule has 0 bridgehead atoms. The number of thiophene rings is 1. The lowest BCUT2D eigenvalue weighted by Gasteiger charge is -2.19. The molecule has 0 saturated carbocycles. The molecular formula is C33H20Br3NO3S. The molecule has 1 atom stereocenters. The monoisotopic (exact) mass is 747 g/mol. The summed E-state index contributed by atoms with van der Waals surface area (Å²) in [7, 11) is 0. The van der Waals surface area contributed by atoms with E-state index < -0.39 is 12.1 Å². The number of rotatable bonds is 6. The topological polar surface area (TPSA) is 62.3 Å². The minimum absolute atomic E-state index is 0.221. The molecule has 0 fully saturated rings. The van der Waals surface area contributed by atoms with Crippen LogP contribution in [0.1, 0.15) is 5.56 Å². The van der Waals surface area contributed by atoms with E-state index in [1.807, 2.05) is 42.6 Å². The largest absolute Gasteiger partial charge is 0.478 e. The molecule has 2 heterocycles. The Bertz CT molecular complexity index is 2130. The Labute approximate surface area is 264 Å². The van der Waals surface area contributed by atoms with Crippen LogP contribution in [0.4, 0.5) is 0 Å². The van der Waals surface area contributed by atoms with Crippen LogP contribution in [0.3, 0.4) is 0 Å². The maximum atomic E-state index is 12.3. The number of fused-ring (bicyclic) bond motifs is 5. The van der Waals surface area contributed by atoms with Crippen LogP contribution in [-0.4, -0.2) is 22.2 Å². The molecule has 2 aromatic heterocycles. The summed E-state index contributed by atoms with van der Waals surface area (Å²) in [6.07, 6.45) is 0.999. The van der Waals surface area contributed by atoms with Crippen LogP contribution < -0.4 is 4.74 Å². The highest BCUT2D eigenvalue weighted by molar-refractivity contribution is 9.11. The van der Waals surface area contributed by atoms with Gasteiger partial charge in [-0.1, -0.05) is 60.7 Å². The Morgan fingerprint density at radius 2 is 1.49 bits per heavy atom. The molecular weight excluding hydrogens is 730 g/mol. The lowest BCUT2D eigenvalue weighted by atomic mass is 9.93. The molecule has 0 aliphatic rings. The summed E-state index contributed by atoms with van der Waals surface area (Å²) in [6.45, 7) is 0. The van der Waals surface area contributed by atoms with Gasteiger partial charge in [0, 0.05) is 43.5 Å². The first-order valence-electron chi connectivity index (χ1n) is 12.9. The predicted octanol–water partition coefficient (Wildman–Crippen LogP) is 10.7. The molecule has 0 radical (unpaired) electrons. The van der Waals surface area contributed by atoms with Gasteiger partial charge in [-0.05, 0) is 99.5 Å². The van der Waals surface area contributed by atoms with Crippen molar-refractivity contribution in [3.05, 3.63) is 110 Å². The zero-order valence-electron chi connectivity index (χ0n) is 21.3. The average Bonchev–Trinajstić information content (AvgIpc) is 3.56. The number of carboxylic acid groups (broad SMARTS) is 1. The van der Waals surface area contributed by atoms with Gasteiger partial charge >= 0.3 is 5.97 Å². The summed E-state index contributed by atoms with van der Waals surface area (Å²) in [5.74, 6) is -0.572. The van der Waals surface area contributed by atoms with E-state index in [9.17, 15) is 9.90 Å². The van der Waals surface area contributed by atoms with Gasteiger partial charge in [-0.15, -0.1) is 11.3 Å². The van der Waals surface area contributed by atoms with Gasteiger partial charge in [0.25, 0.3) is 0 Å². The smallest absolute Gasteiger partial charge is 0.345 e. The van der Waals surface area contributed by atoms with Gasteiger partial charge < -0.3 is 14.8 Å². The van der Waals surface area contributed by atoms with Crippen LogP contribution in [0.5, 0.6) is 5.75 Å². The fourth-order valence-corrected chi connectivity index (χ4v) is 8.86. The molecule has 0 amide bonds. The average molecular weight is 750 g/mol. The number of para-hydroxylation sites is 1. The molecule has 5 aromatic carbocycles. The fraction of sp³-hybridized carbons (Fsp3) is 0.0606. The minimum atomic E-state index is -1.08. The second-order valence-corrected chi connectivity index (χ2v) is 13.4. The summed E-state index contributed by atoms with van der Waals surface area (Å²) in [4.78, 5) is 15.5. The third-order valence-corrected chi connectivity index (χ3v) is 10.8. The molecule has 0 aliphatic heterocycles. The van der Waals surface area contributed by atoms with Gasteiger partial charge in [0.2, 0.25) is 0 Å². The van der Waals surface area contributed by atoms with Crippen LogP contribution in [0.25, 0.3) is 53.0 Å². The van der Waals surface area contributed by atoms with Crippen molar-refractivity contribution in [2.24, 2.45) is 0 Å². The summed E-state index contributed by atoms with van der Waals surface area (Å²) < 4.78 is 11.0. The molecule has 202 valence electrons. The number of aromatic amines is 1. The van der Waals surface area contributed by atoms with E-state index in [2.05, 4.69) is 101 Å². The zero-order valence-corrected chi connectivity index (χ0v) is 26.8. The quantitative estimate of drug-likeness (QED) is 0.178. The Hall–Kier alpha value is -3.17. The van der Waals surface area contributed by atoms with E-state index in [0.29, 0.717) is 14.7 Å². The van der Waals surface area contributed by atoms with Crippen LogP contribution in [0, 0.1) is 0 Å². The summed E-state index contributed by atoms with van der Waals surface area (Å²) in [5.41, 5.74) is 3.98. The maximum absolute atomic E-state index is 12.3. The molecule has 0 spiro atoms. The molecule has 41 heavy (non-hydrogen) atoms. The Morgan fingerprint density at radius 3 is 2.22 bits per heavy atom. The highest BCUT2D eigenvalue weighted by Crippen LogP contribution is 2.50. The molecule has 7 aromatic rings. The number of nitrogens with one attached hydrogen (secondary N) is 1. The van der Waals surface area contributed by atoms with Gasteiger partial charge in [0.1, 0.15) is 5.75 Å². The van der Waals surface area contributed by atoms with Gasteiger partial charge in [0.15, 0.2) is 6.10 Å². The Kier molecular flexibility index (Phi) is 6.90. The Balaban J connectivity index is 1.35. The highest BCUT2D eigenvalue weighted by atomic mass is 79.9. The van der Waals surface area contributed by atoms with E-state index in [-0.39, 0.29) is 6.42 Å². The van der Waals surface area contributed by atoms with E-state index in [0.717, 1.165) is 42.8 Å². The van der Waals surface area contributed by atoms with Crippen molar-refractivity contribution in [3.63, 3.8) is 0 Å². The number of carbonyl (C=O) groups is 1. The predicted molar refractivity (Wildman–Crippen MR) is 179 cm³/mol. The van der Waals surface area contributed by atoms with Crippen molar-refractivity contribution in [2.75, 3.05) is 0 Å². The molecule has 0 saturated heterocycles. The fourth-order valence-electron chi connectivity index (χ4n) is 5.54. The standard InChI is InChI=1S/C33H20Br3NO3S/c34-23-13-17(14-24(35)31(23)40-26(33(38)39)15-18-16-37-25-11-5-3-7-19(18)25)28-20-8-1-2-9-21(20)30(36)32-29(28)22-10-4-6-12-27(22)41-32/h1-14,16,26,37H,15H2,(H,38,39)/t26-/m1/s1. The minimum Gasteiger partial charge on any atom is -0.478 e. The number of hydrogen-bond donors (Lipinski definition) is 2. The summed E-state index contributed by atoms with van der Waals surface area (Å²) >= 11 is 13.1. The van der Waals surface area contributed by atoms with Crippen molar-refractivity contribution in [1.82, 2.24) is 4.98 Å². The first-order chi connectivity index (χ1) is 19.9. The number of ether oxygens (including phenoxy) is 1. The number of benzene rings is 5. The number of hydrogen-bond acceptors (Lipinski definition) is 3. The molecule has 7 rings (SSSR count). The number of aromatic nitrogens is 1. The molecule has 0 unspecified atom stereocenters. The van der Waals surface area contributed by atoms with Gasteiger partial charge in [-0.3, -0.25) is 0 Å². The van der Waals surface area contributed by atoms with E-state index in [4.69, 9.17) is 4.74 Å². The molecule has 2 N–H and O–H groups in total. The van der Waals surface area contributed by atoms with Crippen LogP contribution in [0.2, 0.25) is 0 Å². The van der Waals surface area contributed by atoms with Crippen molar-refractivity contribution in [2.45, 2.75) is 12.5 Å². The first kappa shape index (κ1) is 26.7. The van der Waals surface area contributed by atoms with Gasteiger partial charge in [-0.2, -0.15) is 0 Å². The van der Waals surface area contributed by atoms with Crippen LogP contribution >= 0.6 is 59.1 Å². The number of carboxylic acids is 1. The molecule has 4 nitrogen and oxygen atoms in total. The highest BCUT2D eigenvalue weighted by Gasteiger charge is 2.25. The van der Waals surface area contributed by atoms with Crippen LogP contribution in [0.15, 0.2) is 105 Å². The first-order valence-corrected chi connectivity index (χ1v) is 16.1. The van der Waals surface area contributed by atoms with E-state index in [1.54, 1.807) is 11.3 Å². The van der Waals surface area contributed by atoms with Gasteiger partial charge in [0.05, 0.1) is 13.6 Å². The number of halogens is 3. The normalized spacial score (nSPS) is 12.5. The van der Waals surface area contributed by atoms with Crippen LogP contribution in [-0.2, 0) is 11.2 Å². The summed E-state index contributed by atoms with van der Waals surface area (Å²) in [6, 6.07) is 28.8. The van der Waals surface area contributed by atoms with Crippen molar-refractivity contribution in [1.29, 1.82) is 0 Å².